The van der Waals surface area contributed by atoms with Crippen molar-refractivity contribution in [2.75, 3.05) is 26.2 Å². The van der Waals surface area contributed by atoms with Crippen LogP contribution < -0.4 is 5.32 Å². The Hall–Kier alpha value is -2.09. The van der Waals surface area contributed by atoms with Crippen molar-refractivity contribution in [3.8, 4) is 0 Å². The number of piperidine rings is 1. The Labute approximate surface area is 168 Å². The molecule has 1 aromatic rings. The molecule has 1 aromatic carbocycles. The molecule has 2 amide bonds. The highest BCUT2D eigenvalue weighted by Crippen LogP contribution is 2.34. The monoisotopic (exact) mass is 409 g/mol. The van der Waals surface area contributed by atoms with Crippen LogP contribution in [-0.4, -0.2) is 53.8 Å². The summed E-state index contributed by atoms with van der Waals surface area (Å²) in [7, 11) is 0. The van der Waals surface area contributed by atoms with Crippen molar-refractivity contribution in [1.82, 2.24) is 15.1 Å². The molecule has 3 aliphatic heterocycles. The molecule has 1 unspecified atom stereocenters. The maximum absolute atomic E-state index is 13.0. The molecule has 3 saturated heterocycles. The van der Waals surface area contributed by atoms with Crippen LogP contribution in [-0.2, 0) is 22.3 Å². The van der Waals surface area contributed by atoms with Crippen LogP contribution in [0.2, 0.25) is 0 Å². The van der Waals surface area contributed by atoms with Gasteiger partial charge in [0.25, 0.3) is 0 Å². The molecule has 0 aromatic heterocycles. The standard InChI is InChI=1S/C21H26F3N3O2/c22-21(23,24)17-5-1-3-14(9-17)11-26-8-2-4-16-12-27(13-18(16)26)19(28)10-15-6-7-25-20(15)29/h1,3,5,9,15-16,18H,2,4,6-8,10-13H2,(H,25,29)/t15?,16-,18+/m0/s1. The van der Waals surface area contributed by atoms with Crippen LogP contribution in [0.5, 0.6) is 0 Å². The summed E-state index contributed by atoms with van der Waals surface area (Å²) in [6.45, 7) is 3.18. The molecule has 3 atom stereocenters. The van der Waals surface area contributed by atoms with E-state index in [2.05, 4.69) is 10.2 Å². The molecule has 29 heavy (non-hydrogen) atoms. The number of alkyl halides is 3. The van der Waals surface area contributed by atoms with Crippen molar-refractivity contribution in [3.05, 3.63) is 35.4 Å². The molecule has 0 spiro atoms. The third kappa shape index (κ3) is 4.42. The molecule has 3 heterocycles. The second-order valence-corrected chi connectivity index (χ2v) is 8.42. The first kappa shape index (κ1) is 20.2. The number of carbonyl (C=O) groups is 2. The first-order chi connectivity index (χ1) is 13.8. The Morgan fingerprint density at radius 2 is 2.03 bits per heavy atom. The van der Waals surface area contributed by atoms with E-state index in [1.807, 2.05) is 4.90 Å². The molecule has 8 heteroatoms. The summed E-state index contributed by atoms with van der Waals surface area (Å²) in [5.74, 6) is 0.0869. The van der Waals surface area contributed by atoms with Gasteiger partial charge >= 0.3 is 6.18 Å². The largest absolute Gasteiger partial charge is 0.416 e. The smallest absolute Gasteiger partial charge is 0.356 e. The van der Waals surface area contributed by atoms with Crippen molar-refractivity contribution in [2.24, 2.45) is 11.8 Å². The number of benzene rings is 1. The second-order valence-electron chi connectivity index (χ2n) is 8.42. The lowest BCUT2D eigenvalue weighted by molar-refractivity contribution is -0.137. The van der Waals surface area contributed by atoms with Gasteiger partial charge in [-0.3, -0.25) is 14.5 Å². The number of amides is 2. The van der Waals surface area contributed by atoms with Crippen molar-refractivity contribution in [1.29, 1.82) is 0 Å². The summed E-state index contributed by atoms with van der Waals surface area (Å²) in [6, 6.07) is 5.67. The number of hydrogen-bond donors (Lipinski definition) is 1. The van der Waals surface area contributed by atoms with Gasteiger partial charge in [0.05, 0.1) is 5.56 Å². The van der Waals surface area contributed by atoms with Gasteiger partial charge in [0.2, 0.25) is 11.8 Å². The SMILES string of the molecule is O=C1NCCC1CC(=O)N1C[C@@H]2CCCN(Cc3cccc(C(F)(F)F)c3)[C@@H]2C1. The number of rotatable bonds is 4. The molecule has 0 aliphatic carbocycles. The highest BCUT2D eigenvalue weighted by molar-refractivity contribution is 5.87. The molecular formula is C21H26F3N3O2. The van der Waals surface area contributed by atoms with Gasteiger partial charge in [-0.15, -0.1) is 0 Å². The zero-order valence-electron chi connectivity index (χ0n) is 16.3. The second kappa shape index (κ2) is 7.97. The van der Waals surface area contributed by atoms with Crippen LogP contribution in [0.4, 0.5) is 13.2 Å². The van der Waals surface area contributed by atoms with E-state index < -0.39 is 11.7 Å². The number of carbonyl (C=O) groups excluding carboxylic acids is 2. The molecule has 4 rings (SSSR count). The average molecular weight is 409 g/mol. The Bertz CT molecular complexity index is 783. The maximum Gasteiger partial charge on any atom is 0.416 e. The van der Waals surface area contributed by atoms with Crippen LogP contribution >= 0.6 is 0 Å². The first-order valence-corrected chi connectivity index (χ1v) is 10.3. The summed E-state index contributed by atoms with van der Waals surface area (Å²) in [5.41, 5.74) is 0.0227. The zero-order chi connectivity index (χ0) is 20.6. The van der Waals surface area contributed by atoms with Crippen LogP contribution in [0.3, 0.4) is 0 Å². The van der Waals surface area contributed by atoms with E-state index in [1.165, 1.54) is 12.1 Å². The van der Waals surface area contributed by atoms with Gasteiger partial charge in [-0.1, -0.05) is 18.2 Å². The fraction of sp³-hybridized carbons (Fsp3) is 0.619. The number of fused-ring (bicyclic) bond motifs is 1. The van der Waals surface area contributed by atoms with Gasteiger partial charge in [0, 0.05) is 44.6 Å². The number of likely N-dealkylation sites (tertiary alicyclic amines) is 2. The lowest BCUT2D eigenvalue weighted by Crippen LogP contribution is -2.44. The third-order valence-corrected chi connectivity index (χ3v) is 6.47. The average Bonchev–Trinajstić information content (AvgIpc) is 3.28. The summed E-state index contributed by atoms with van der Waals surface area (Å²) in [4.78, 5) is 28.5. The summed E-state index contributed by atoms with van der Waals surface area (Å²) in [5, 5.41) is 2.77. The molecule has 1 N–H and O–H groups in total. The molecule has 0 bridgehead atoms. The van der Waals surface area contributed by atoms with Gasteiger partial charge in [-0.25, -0.2) is 0 Å². The predicted molar refractivity (Wildman–Crippen MR) is 101 cm³/mol. The van der Waals surface area contributed by atoms with E-state index in [9.17, 15) is 22.8 Å². The van der Waals surface area contributed by atoms with E-state index in [1.54, 1.807) is 6.07 Å². The van der Waals surface area contributed by atoms with Gasteiger partial charge in [0.1, 0.15) is 0 Å². The lowest BCUT2D eigenvalue weighted by atomic mass is 9.91. The van der Waals surface area contributed by atoms with Gasteiger partial charge < -0.3 is 10.2 Å². The minimum Gasteiger partial charge on any atom is -0.356 e. The zero-order valence-corrected chi connectivity index (χ0v) is 16.3. The third-order valence-electron chi connectivity index (χ3n) is 6.47. The van der Waals surface area contributed by atoms with Gasteiger partial charge in [-0.05, 0) is 43.4 Å². The summed E-state index contributed by atoms with van der Waals surface area (Å²) in [6.07, 6.45) is -1.39. The van der Waals surface area contributed by atoms with Gasteiger partial charge in [0.15, 0.2) is 0 Å². The van der Waals surface area contributed by atoms with Crippen LogP contribution in [0.1, 0.15) is 36.8 Å². The van der Waals surface area contributed by atoms with E-state index in [4.69, 9.17) is 0 Å². The highest BCUT2D eigenvalue weighted by Gasteiger charge is 2.41. The van der Waals surface area contributed by atoms with Crippen molar-refractivity contribution >= 4 is 11.8 Å². The van der Waals surface area contributed by atoms with E-state index in [0.29, 0.717) is 44.1 Å². The van der Waals surface area contributed by atoms with Crippen molar-refractivity contribution in [3.63, 3.8) is 0 Å². The lowest BCUT2D eigenvalue weighted by Gasteiger charge is -2.36. The van der Waals surface area contributed by atoms with E-state index >= 15 is 0 Å². The van der Waals surface area contributed by atoms with Crippen LogP contribution in [0.15, 0.2) is 24.3 Å². The molecule has 3 aliphatic rings. The number of halogens is 3. The fourth-order valence-corrected chi connectivity index (χ4v) is 4.93. The minimum atomic E-state index is -4.34. The van der Waals surface area contributed by atoms with Gasteiger partial charge in [-0.2, -0.15) is 13.2 Å². The number of hydrogen-bond acceptors (Lipinski definition) is 3. The summed E-state index contributed by atoms with van der Waals surface area (Å²) < 4.78 is 39.0. The van der Waals surface area contributed by atoms with Crippen molar-refractivity contribution < 1.29 is 22.8 Å². The molecule has 3 fully saturated rings. The van der Waals surface area contributed by atoms with E-state index in [-0.39, 0.29) is 30.2 Å². The fourth-order valence-electron chi connectivity index (χ4n) is 4.93. The Morgan fingerprint density at radius 1 is 1.21 bits per heavy atom. The minimum absolute atomic E-state index is 0.0143. The Balaban J connectivity index is 1.40. The molecule has 0 radical (unpaired) electrons. The predicted octanol–water partition coefficient (Wildman–Crippen LogP) is 2.65. The first-order valence-electron chi connectivity index (χ1n) is 10.3. The Kier molecular flexibility index (Phi) is 5.55. The summed E-state index contributed by atoms with van der Waals surface area (Å²) >= 11 is 0. The van der Waals surface area contributed by atoms with Crippen LogP contribution in [0.25, 0.3) is 0 Å². The molecule has 0 saturated carbocycles. The molecule has 5 nitrogen and oxygen atoms in total. The normalized spacial score (nSPS) is 27.8. The van der Waals surface area contributed by atoms with Crippen LogP contribution in [0, 0.1) is 11.8 Å². The quantitative estimate of drug-likeness (QED) is 0.832. The van der Waals surface area contributed by atoms with E-state index in [0.717, 1.165) is 25.5 Å². The topological polar surface area (TPSA) is 52.7 Å². The van der Waals surface area contributed by atoms with Crippen molar-refractivity contribution in [2.45, 2.75) is 44.4 Å². The molecule has 158 valence electrons. The molecular weight excluding hydrogens is 383 g/mol. The highest BCUT2D eigenvalue weighted by atomic mass is 19.4. The maximum atomic E-state index is 13.0. The Morgan fingerprint density at radius 3 is 2.76 bits per heavy atom. The number of nitrogens with zero attached hydrogens (tertiary/aromatic N) is 2. The number of nitrogens with one attached hydrogen (secondary N) is 1.